The molecule has 1 aliphatic rings. The number of ether oxygens (including phenoxy) is 2. The fraction of sp³-hybridized carbons (Fsp3) is 0.368. The van der Waals surface area contributed by atoms with E-state index in [1.807, 2.05) is 0 Å². The van der Waals surface area contributed by atoms with Gasteiger partial charge in [0.15, 0.2) is 16.6 Å². The van der Waals surface area contributed by atoms with E-state index in [4.69, 9.17) is 14.6 Å². The zero-order chi connectivity index (χ0) is 25.3. The van der Waals surface area contributed by atoms with Crippen LogP contribution in [0.2, 0.25) is 0 Å². The number of aromatic nitrogens is 1. The lowest BCUT2D eigenvalue weighted by Crippen LogP contribution is -2.40. The number of hydrogen-bond acceptors (Lipinski definition) is 7. The van der Waals surface area contributed by atoms with Crippen LogP contribution in [0, 0.1) is 11.6 Å². The predicted molar refractivity (Wildman–Crippen MR) is 109 cm³/mol. The molecule has 2 heterocycles. The van der Waals surface area contributed by atoms with Crippen LogP contribution in [-0.2, 0) is 19.6 Å². The van der Waals surface area contributed by atoms with Crippen LogP contribution in [0.3, 0.4) is 0 Å². The summed E-state index contributed by atoms with van der Waals surface area (Å²) >= 11 is 0. The first kappa shape index (κ1) is 25.6. The second-order valence-electron chi connectivity index (χ2n) is 7.28. The maximum absolute atomic E-state index is 14.3. The van der Waals surface area contributed by atoms with Crippen LogP contribution in [0.15, 0.2) is 35.5 Å². The SMILES string of the molecule is COc1c(N2CC(OCC(F)(F)F)CC2C(=O)Nc2ccnc(S(N)(=O)=O)c2)ccc(F)c1F. The van der Waals surface area contributed by atoms with E-state index in [0.29, 0.717) is 0 Å². The van der Waals surface area contributed by atoms with Gasteiger partial charge in [0.1, 0.15) is 12.6 Å². The van der Waals surface area contributed by atoms with Crippen LogP contribution in [-0.4, -0.2) is 57.9 Å². The number of carbonyl (C=O) groups is 1. The Hall–Kier alpha value is -3.04. The highest BCUT2D eigenvalue weighted by Crippen LogP contribution is 2.38. The molecule has 1 amide bonds. The molecule has 1 fully saturated rings. The molecule has 0 spiro atoms. The number of benzene rings is 1. The molecule has 3 rings (SSSR count). The molecule has 0 saturated carbocycles. The molecule has 9 nitrogen and oxygen atoms in total. The molecule has 1 aliphatic heterocycles. The van der Waals surface area contributed by atoms with Crippen molar-refractivity contribution in [2.45, 2.75) is 29.8 Å². The number of alkyl halides is 3. The maximum atomic E-state index is 14.3. The van der Waals surface area contributed by atoms with Crippen molar-refractivity contribution in [2.75, 3.05) is 30.5 Å². The van der Waals surface area contributed by atoms with E-state index in [1.165, 1.54) is 11.0 Å². The molecule has 2 unspecified atom stereocenters. The molecular formula is C19H19F5N4O5S. The largest absolute Gasteiger partial charge is 0.491 e. The topological polar surface area (TPSA) is 124 Å². The van der Waals surface area contributed by atoms with Crippen molar-refractivity contribution in [3.05, 3.63) is 42.1 Å². The smallest absolute Gasteiger partial charge is 0.411 e. The van der Waals surface area contributed by atoms with E-state index in [2.05, 4.69) is 10.3 Å². The average Bonchev–Trinajstić information content (AvgIpc) is 3.17. The second kappa shape index (κ2) is 9.68. The van der Waals surface area contributed by atoms with Gasteiger partial charge in [-0.15, -0.1) is 0 Å². The summed E-state index contributed by atoms with van der Waals surface area (Å²) in [7, 11) is -3.11. The number of nitrogens with one attached hydrogen (secondary N) is 1. The molecule has 1 aromatic heterocycles. The first-order chi connectivity index (χ1) is 15.8. The van der Waals surface area contributed by atoms with Gasteiger partial charge in [-0.3, -0.25) is 4.79 Å². The van der Waals surface area contributed by atoms with Crippen molar-refractivity contribution in [1.82, 2.24) is 4.98 Å². The number of carbonyl (C=O) groups excluding carboxylic acids is 1. The summed E-state index contributed by atoms with van der Waals surface area (Å²) in [4.78, 5) is 17.8. The molecule has 2 aromatic rings. The summed E-state index contributed by atoms with van der Waals surface area (Å²) in [6, 6.07) is 2.95. The van der Waals surface area contributed by atoms with Crippen LogP contribution < -0.4 is 20.1 Å². The Morgan fingerprint density at radius 3 is 2.62 bits per heavy atom. The molecule has 15 heteroatoms. The quantitative estimate of drug-likeness (QED) is 0.548. The van der Waals surface area contributed by atoms with Gasteiger partial charge in [-0.2, -0.15) is 17.6 Å². The van der Waals surface area contributed by atoms with Crippen molar-refractivity contribution < 1.29 is 44.6 Å². The maximum Gasteiger partial charge on any atom is 0.411 e. The van der Waals surface area contributed by atoms with Gasteiger partial charge in [0.05, 0.1) is 18.9 Å². The third kappa shape index (κ3) is 5.90. The van der Waals surface area contributed by atoms with E-state index < -0.39 is 63.3 Å². The zero-order valence-corrected chi connectivity index (χ0v) is 18.3. The Kier molecular flexibility index (Phi) is 7.28. The first-order valence-corrected chi connectivity index (χ1v) is 11.1. The lowest BCUT2D eigenvalue weighted by molar-refractivity contribution is -0.183. The number of halogens is 5. The molecule has 0 radical (unpaired) electrons. The summed E-state index contributed by atoms with van der Waals surface area (Å²) in [6.45, 7) is -1.84. The highest BCUT2D eigenvalue weighted by Gasteiger charge is 2.41. The molecular weight excluding hydrogens is 491 g/mol. The Labute approximate surface area is 190 Å². The number of sulfonamides is 1. The molecule has 1 aromatic carbocycles. The number of amides is 1. The van der Waals surface area contributed by atoms with Gasteiger partial charge in [0.25, 0.3) is 10.0 Å². The molecule has 186 valence electrons. The number of anilines is 2. The van der Waals surface area contributed by atoms with Gasteiger partial charge in [0.2, 0.25) is 11.7 Å². The standard InChI is InChI=1S/C19H19F5N4O5S/c1-32-17-13(3-2-12(20)16(17)21)28-8-11(33-9-19(22,23)24)7-14(28)18(29)27-10-4-5-26-15(6-10)34(25,30)31/h2-6,11,14H,7-9H2,1H3,(H2,25,30,31)(H,26,27,29). The van der Waals surface area contributed by atoms with Gasteiger partial charge in [-0.25, -0.2) is 22.9 Å². The second-order valence-corrected chi connectivity index (χ2v) is 8.79. The van der Waals surface area contributed by atoms with Crippen LogP contribution in [0.4, 0.5) is 33.3 Å². The Morgan fingerprint density at radius 1 is 1.29 bits per heavy atom. The summed E-state index contributed by atoms with van der Waals surface area (Å²) in [5, 5.41) is 6.92. The summed E-state index contributed by atoms with van der Waals surface area (Å²) in [6.07, 6.45) is -4.87. The molecule has 1 saturated heterocycles. The highest BCUT2D eigenvalue weighted by molar-refractivity contribution is 7.89. The monoisotopic (exact) mass is 510 g/mol. The summed E-state index contributed by atoms with van der Waals surface area (Å²) in [5.41, 5.74) is -0.0968. The highest BCUT2D eigenvalue weighted by atomic mass is 32.2. The van der Waals surface area contributed by atoms with Gasteiger partial charge in [-0.1, -0.05) is 0 Å². The Balaban J connectivity index is 1.92. The molecule has 34 heavy (non-hydrogen) atoms. The predicted octanol–water partition coefficient (Wildman–Crippen LogP) is 2.18. The molecule has 0 bridgehead atoms. The van der Waals surface area contributed by atoms with Crippen LogP contribution in [0.25, 0.3) is 0 Å². The van der Waals surface area contributed by atoms with E-state index in [9.17, 15) is 35.2 Å². The fourth-order valence-corrected chi connectivity index (χ4v) is 3.95. The molecule has 2 atom stereocenters. The van der Waals surface area contributed by atoms with Crippen LogP contribution >= 0.6 is 0 Å². The lowest BCUT2D eigenvalue weighted by Gasteiger charge is -2.27. The van der Waals surface area contributed by atoms with Gasteiger partial charge in [0, 0.05) is 30.9 Å². The average molecular weight is 510 g/mol. The number of hydrogen-bond donors (Lipinski definition) is 2. The Bertz CT molecular complexity index is 1180. The normalized spacial score (nSPS) is 18.7. The Morgan fingerprint density at radius 2 is 2.00 bits per heavy atom. The van der Waals surface area contributed by atoms with E-state index in [-0.39, 0.29) is 24.3 Å². The van der Waals surface area contributed by atoms with Gasteiger partial charge < -0.3 is 19.7 Å². The number of pyridine rings is 1. The van der Waals surface area contributed by atoms with Crippen LogP contribution in [0.1, 0.15) is 6.42 Å². The minimum atomic E-state index is -4.62. The third-order valence-corrected chi connectivity index (χ3v) is 5.69. The van der Waals surface area contributed by atoms with E-state index in [1.54, 1.807) is 0 Å². The van der Waals surface area contributed by atoms with Crippen molar-refractivity contribution >= 4 is 27.3 Å². The number of nitrogens with two attached hydrogens (primary N) is 1. The number of rotatable bonds is 7. The molecule has 0 aliphatic carbocycles. The minimum Gasteiger partial charge on any atom is -0.491 e. The van der Waals surface area contributed by atoms with Crippen molar-refractivity contribution in [2.24, 2.45) is 5.14 Å². The van der Waals surface area contributed by atoms with E-state index >= 15 is 0 Å². The number of primary sulfonamides is 1. The lowest BCUT2D eigenvalue weighted by atomic mass is 10.1. The van der Waals surface area contributed by atoms with Crippen molar-refractivity contribution in [3.63, 3.8) is 0 Å². The van der Waals surface area contributed by atoms with Gasteiger partial charge in [-0.05, 0) is 18.2 Å². The third-order valence-electron chi connectivity index (χ3n) is 4.88. The van der Waals surface area contributed by atoms with Crippen LogP contribution in [0.5, 0.6) is 5.75 Å². The van der Waals surface area contributed by atoms with Crippen molar-refractivity contribution in [1.29, 1.82) is 0 Å². The molecule has 3 N–H and O–H groups in total. The summed E-state index contributed by atoms with van der Waals surface area (Å²) < 4.78 is 98.6. The zero-order valence-electron chi connectivity index (χ0n) is 17.5. The van der Waals surface area contributed by atoms with E-state index in [0.717, 1.165) is 31.5 Å². The fourth-order valence-electron chi connectivity index (χ4n) is 3.46. The minimum absolute atomic E-state index is 0.0131. The number of nitrogens with zero attached hydrogens (tertiary/aromatic N) is 2. The van der Waals surface area contributed by atoms with Gasteiger partial charge >= 0.3 is 6.18 Å². The first-order valence-electron chi connectivity index (χ1n) is 9.57. The summed E-state index contributed by atoms with van der Waals surface area (Å²) in [5.74, 6) is -3.89. The van der Waals surface area contributed by atoms with Crippen molar-refractivity contribution in [3.8, 4) is 5.75 Å². The number of methoxy groups -OCH3 is 1.